The number of likely N-dealkylation sites (N-methyl/N-ethyl adjacent to an activating group) is 1. The molecule has 2 aromatic rings. The van der Waals surface area contributed by atoms with E-state index in [0.717, 1.165) is 23.2 Å². The number of carbonyl (C=O) groups is 1. The molecular weight excluding hydrogens is 340 g/mol. The number of benzene rings is 1. The molecule has 0 saturated carbocycles. The lowest BCUT2D eigenvalue weighted by atomic mass is 10.1. The number of urea groups is 1. The molecule has 1 atom stereocenters. The number of methoxy groups -OCH3 is 1. The minimum Gasteiger partial charge on any atom is -0.481 e. The van der Waals surface area contributed by atoms with Crippen LogP contribution in [0.4, 0.5) is 4.79 Å². The quantitative estimate of drug-likeness (QED) is 0.750. The van der Waals surface area contributed by atoms with E-state index in [1.807, 2.05) is 52.2 Å². The molecule has 2 N–H and O–H groups in total. The van der Waals surface area contributed by atoms with Crippen LogP contribution in [0, 0.1) is 13.8 Å². The summed E-state index contributed by atoms with van der Waals surface area (Å²) in [5, 5.41) is 5.87. The van der Waals surface area contributed by atoms with Crippen LogP contribution in [0.1, 0.15) is 22.4 Å². The van der Waals surface area contributed by atoms with E-state index in [9.17, 15) is 4.79 Å². The van der Waals surface area contributed by atoms with Gasteiger partial charge in [-0.05, 0) is 51.6 Å². The van der Waals surface area contributed by atoms with Gasteiger partial charge in [-0.2, -0.15) is 0 Å². The summed E-state index contributed by atoms with van der Waals surface area (Å²) < 4.78 is 5.35. The van der Waals surface area contributed by atoms with E-state index in [2.05, 4.69) is 32.7 Å². The first kappa shape index (κ1) is 20.7. The molecule has 1 heterocycles. The summed E-state index contributed by atoms with van der Waals surface area (Å²) in [7, 11) is 5.65. The molecule has 0 bridgehead atoms. The van der Waals surface area contributed by atoms with E-state index in [1.54, 1.807) is 7.11 Å². The topological polar surface area (TPSA) is 66.5 Å². The van der Waals surface area contributed by atoms with Crippen LogP contribution < -0.4 is 15.4 Å². The number of aromatic nitrogens is 1. The average molecular weight is 370 g/mol. The second kappa shape index (κ2) is 9.92. The number of hydrogen-bond acceptors (Lipinski definition) is 4. The Morgan fingerprint density at radius 3 is 2.52 bits per heavy atom. The maximum Gasteiger partial charge on any atom is 0.315 e. The van der Waals surface area contributed by atoms with Crippen LogP contribution in [-0.4, -0.2) is 49.7 Å². The van der Waals surface area contributed by atoms with Crippen LogP contribution >= 0.6 is 0 Å². The average Bonchev–Trinajstić information content (AvgIpc) is 2.64. The minimum absolute atomic E-state index is 0.197. The monoisotopic (exact) mass is 370 g/mol. The summed E-state index contributed by atoms with van der Waals surface area (Å²) in [6, 6.07) is 12.3. The Balaban J connectivity index is 1.89. The van der Waals surface area contributed by atoms with Crippen molar-refractivity contribution >= 4 is 6.03 Å². The van der Waals surface area contributed by atoms with Crippen molar-refractivity contribution in [2.75, 3.05) is 27.7 Å². The fourth-order valence-electron chi connectivity index (χ4n) is 2.98. The van der Waals surface area contributed by atoms with Crippen LogP contribution in [-0.2, 0) is 13.0 Å². The molecular formula is C21H30N4O2. The highest BCUT2D eigenvalue weighted by atomic mass is 16.5. The highest BCUT2D eigenvalue weighted by molar-refractivity contribution is 5.74. The molecule has 0 radical (unpaired) electrons. The van der Waals surface area contributed by atoms with Gasteiger partial charge in [0.25, 0.3) is 0 Å². The Morgan fingerprint density at radius 2 is 1.89 bits per heavy atom. The van der Waals surface area contributed by atoms with Gasteiger partial charge in [0, 0.05) is 23.8 Å². The second-order valence-electron chi connectivity index (χ2n) is 6.94. The molecule has 0 aliphatic carbocycles. The normalized spacial score (nSPS) is 11.9. The maximum atomic E-state index is 12.3. The number of aryl methyl sites for hydroxylation is 2. The largest absolute Gasteiger partial charge is 0.481 e. The lowest BCUT2D eigenvalue weighted by Gasteiger charge is -2.25. The summed E-state index contributed by atoms with van der Waals surface area (Å²) in [5.41, 5.74) is 4.10. The lowest BCUT2D eigenvalue weighted by Crippen LogP contribution is -2.45. The van der Waals surface area contributed by atoms with Crippen molar-refractivity contribution in [3.05, 3.63) is 58.8 Å². The Hall–Kier alpha value is -2.60. The van der Waals surface area contributed by atoms with Crippen LogP contribution in [0.3, 0.4) is 0 Å². The van der Waals surface area contributed by atoms with Crippen molar-refractivity contribution in [1.29, 1.82) is 0 Å². The first-order valence-electron chi connectivity index (χ1n) is 9.14. The zero-order valence-electron chi connectivity index (χ0n) is 16.9. The van der Waals surface area contributed by atoms with Crippen LogP contribution in [0.25, 0.3) is 0 Å². The summed E-state index contributed by atoms with van der Waals surface area (Å²) in [6.45, 7) is 4.86. The number of carbonyl (C=O) groups excluding carboxylic acids is 1. The van der Waals surface area contributed by atoms with Gasteiger partial charge >= 0.3 is 6.03 Å². The molecule has 6 heteroatoms. The molecule has 1 aromatic carbocycles. The van der Waals surface area contributed by atoms with Crippen molar-refractivity contribution in [3.63, 3.8) is 0 Å². The van der Waals surface area contributed by atoms with E-state index in [4.69, 9.17) is 4.74 Å². The molecule has 146 valence electrons. The van der Waals surface area contributed by atoms with Crippen molar-refractivity contribution in [3.8, 4) is 5.88 Å². The van der Waals surface area contributed by atoms with Gasteiger partial charge in [0.15, 0.2) is 0 Å². The number of nitrogens with zero attached hydrogens (tertiary/aromatic N) is 2. The van der Waals surface area contributed by atoms with Gasteiger partial charge in [-0.15, -0.1) is 0 Å². The van der Waals surface area contributed by atoms with Gasteiger partial charge in [-0.1, -0.05) is 30.3 Å². The predicted octanol–water partition coefficient (Wildman–Crippen LogP) is 2.68. The standard InChI is InChI=1S/C21H30N4O2/c1-15-11-16(2)24-20(27-5)19(15)14-23-21(26)22-13-18(25(3)4)12-17-9-7-6-8-10-17/h6-11,18H,12-14H2,1-5H3,(H2,22,23,26)/t18-/m1/s1. The third-order valence-corrected chi connectivity index (χ3v) is 4.60. The van der Waals surface area contributed by atoms with Crippen LogP contribution in [0.15, 0.2) is 36.4 Å². The zero-order chi connectivity index (χ0) is 19.8. The predicted molar refractivity (Wildman–Crippen MR) is 108 cm³/mol. The number of rotatable bonds is 8. The summed E-state index contributed by atoms with van der Waals surface area (Å²) in [4.78, 5) is 18.8. The van der Waals surface area contributed by atoms with Gasteiger partial charge in [-0.3, -0.25) is 0 Å². The van der Waals surface area contributed by atoms with Crippen molar-refractivity contribution in [2.24, 2.45) is 0 Å². The number of nitrogens with one attached hydrogen (secondary N) is 2. The fourth-order valence-corrected chi connectivity index (χ4v) is 2.98. The summed E-state index contributed by atoms with van der Waals surface area (Å²) in [5.74, 6) is 0.558. The summed E-state index contributed by atoms with van der Waals surface area (Å²) in [6.07, 6.45) is 0.878. The molecule has 1 aromatic heterocycles. The Kier molecular flexibility index (Phi) is 7.61. The number of pyridine rings is 1. The summed E-state index contributed by atoms with van der Waals surface area (Å²) >= 11 is 0. The molecule has 0 aliphatic heterocycles. The van der Waals surface area contributed by atoms with E-state index in [0.29, 0.717) is 19.0 Å². The van der Waals surface area contributed by atoms with Crippen molar-refractivity contribution < 1.29 is 9.53 Å². The molecule has 27 heavy (non-hydrogen) atoms. The van der Waals surface area contributed by atoms with Gasteiger partial charge < -0.3 is 20.3 Å². The first-order valence-corrected chi connectivity index (χ1v) is 9.14. The van der Waals surface area contributed by atoms with Crippen LogP contribution in [0.5, 0.6) is 5.88 Å². The van der Waals surface area contributed by atoms with E-state index < -0.39 is 0 Å². The van der Waals surface area contributed by atoms with Gasteiger partial charge in [0.05, 0.1) is 13.7 Å². The van der Waals surface area contributed by atoms with E-state index in [1.165, 1.54) is 5.56 Å². The van der Waals surface area contributed by atoms with Crippen molar-refractivity contribution in [2.45, 2.75) is 32.9 Å². The van der Waals surface area contributed by atoms with E-state index >= 15 is 0 Å². The highest BCUT2D eigenvalue weighted by Gasteiger charge is 2.15. The SMILES string of the molecule is COc1nc(C)cc(C)c1CNC(=O)NC[C@@H](Cc1ccccc1)N(C)C. The molecule has 2 amide bonds. The zero-order valence-corrected chi connectivity index (χ0v) is 16.9. The highest BCUT2D eigenvalue weighted by Crippen LogP contribution is 2.20. The molecule has 0 saturated heterocycles. The Labute approximate surface area is 161 Å². The van der Waals surface area contributed by atoms with Gasteiger partial charge in [0.2, 0.25) is 5.88 Å². The molecule has 0 aliphatic rings. The van der Waals surface area contributed by atoms with Crippen LogP contribution in [0.2, 0.25) is 0 Å². The Morgan fingerprint density at radius 1 is 1.19 bits per heavy atom. The van der Waals surface area contributed by atoms with Crippen molar-refractivity contribution in [1.82, 2.24) is 20.5 Å². The molecule has 0 fully saturated rings. The Bertz CT molecular complexity index is 747. The van der Waals surface area contributed by atoms with Gasteiger partial charge in [0.1, 0.15) is 0 Å². The molecule has 0 unspecified atom stereocenters. The second-order valence-corrected chi connectivity index (χ2v) is 6.94. The smallest absolute Gasteiger partial charge is 0.315 e. The fraction of sp³-hybridized carbons (Fsp3) is 0.429. The third-order valence-electron chi connectivity index (χ3n) is 4.60. The molecule has 2 rings (SSSR count). The molecule has 6 nitrogen and oxygen atoms in total. The van der Waals surface area contributed by atoms with Gasteiger partial charge in [-0.25, -0.2) is 9.78 Å². The maximum absolute atomic E-state index is 12.3. The lowest BCUT2D eigenvalue weighted by molar-refractivity contribution is 0.231. The first-order chi connectivity index (χ1) is 12.9. The number of hydrogen-bond donors (Lipinski definition) is 2. The van der Waals surface area contributed by atoms with E-state index in [-0.39, 0.29) is 12.1 Å². The minimum atomic E-state index is -0.197. The third kappa shape index (κ3) is 6.25. The molecule has 0 spiro atoms. The number of ether oxygens (including phenoxy) is 1. The number of amides is 2.